The second-order valence-electron chi connectivity index (χ2n) is 19.3. The highest BCUT2D eigenvalue weighted by Gasteiger charge is 2.20. The molecule has 3 N–H and O–H groups in total. The first-order chi connectivity index (χ1) is 30.5. The summed E-state index contributed by atoms with van der Waals surface area (Å²) in [5, 5.41) is 23.2. The molecule has 6 nitrogen and oxygen atoms in total. The first-order valence-corrected chi connectivity index (χ1v) is 27.9. The molecule has 0 aromatic heterocycles. The minimum absolute atomic E-state index is 0.00576. The molecule has 0 bridgehead atoms. The van der Waals surface area contributed by atoms with Crippen molar-refractivity contribution in [2.75, 3.05) is 13.2 Å². The lowest BCUT2D eigenvalue weighted by atomic mass is 10.0. The Hall–Kier alpha value is -1.40. The largest absolute Gasteiger partial charge is 0.466 e. The topological polar surface area (TPSA) is 95.9 Å². The molecular formula is C56H109NO5. The van der Waals surface area contributed by atoms with Crippen molar-refractivity contribution in [2.24, 2.45) is 0 Å². The number of allylic oxidation sites excluding steroid dienone is 2. The lowest BCUT2D eigenvalue weighted by Crippen LogP contribution is -2.45. The van der Waals surface area contributed by atoms with Gasteiger partial charge in [-0.1, -0.05) is 257 Å². The number of carbonyl (C=O) groups is 2. The minimum Gasteiger partial charge on any atom is -0.466 e. The molecular weight excluding hydrogens is 767 g/mol. The van der Waals surface area contributed by atoms with Gasteiger partial charge in [-0.15, -0.1) is 0 Å². The zero-order chi connectivity index (χ0) is 45.1. The molecule has 368 valence electrons. The van der Waals surface area contributed by atoms with E-state index in [4.69, 9.17) is 4.74 Å². The van der Waals surface area contributed by atoms with E-state index in [1.165, 1.54) is 205 Å². The van der Waals surface area contributed by atoms with Gasteiger partial charge in [0, 0.05) is 12.8 Å². The van der Waals surface area contributed by atoms with Crippen molar-refractivity contribution in [3.63, 3.8) is 0 Å². The van der Waals surface area contributed by atoms with Crippen LogP contribution in [-0.4, -0.2) is 47.4 Å². The summed E-state index contributed by atoms with van der Waals surface area (Å²) in [6, 6.07) is -0.551. The Kier molecular flexibility index (Phi) is 51.0. The van der Waals surface area contributed by atoms with E-state index in [0.717, 1.165) is 70.6 Å². The normalized spacial score (nSPS) is 12.6. The number of hydrogen-bond donors (Lipinski definition) is 3. The van der Waals surface area contributed by atoms with E-state index in [-0.39, 0.29) is 18.5 Å². The molecule has 6 heteroatoms. The highest BCUT2D eigenvalue weighted by molar-refractivity contribution is 5.76. The third-order valence-corrected chi connectivity index (χ3v) is 13.1. The highest BCUT2D eigenvalue weighted by atomic mass is 16.5. The quantitative estimate of drug-likeness (QED) is 0.0321. The second-order valence-corrected chi connectivity index (χ2v) is 19.3. The lowest BCUT2D eigenvalue weighted by molar-refractivity contribution is -0.143. The van der Waals surface area contributed by atoms with Gasteiger partial charge in [-0.25, -0.2) is 0 Å². The standard InChI is InChI=1S/C56H109NO5/c1-3-5-7-9-11-13-15-17-18-19-22-26-30-34-38-42-46-50-56(61)62-51-47-43-39-35-31-27-23-20-21-25-29-33-37-41-45-49-55(60)57-53(52-58)54(59)48-44-40-36-32-28-24-16-14-12-10-8-6-4-2/h23,27,53-54,58-59H,3-22,24-26,28-52H2,1-2H3,(H,57,60)/b27-23-. The fourth-order valence-electron chi connectivity index (χ4n) is 8.75. The summed E-state index contributed by atoms with van der Waals surface area (Å²) in [5.41, 5.74) is 0. The number of amides is 1. The summed E-state index contributed by atoms with van der Waals surface area (Å²) in [5.74, 6) is -0.0549. The van der Waals surface area contributed by atoms with Crippen molar-refractivity contribution in [3.05, 3.63) is 12.2 Å². The van der Waals surface area contributed by atoms with Gasteiger partial charge in [-0.3, -0.25) is 9.59 Å². The average Bonchev–Trinajstić information content (AvgIpc) is 3.27. The predicted octanol–water partition coefficient (Wildman–Crippen LogP) is 16.9. The highest BCUT2D eigenvalue weighted by Crippen LogP contribution is 2.17. The van der Waals surface area contributed by atoms with E-state index in [9.17, 15) is 19.8 Å². The molecule has 62 heavy (non-hydrogen) atoms. The number of aliphatic hydroxyl groups excluding tert-OH is 2. The van der Waals surface area contributed by atoms with Gasteiger partial charge in [0.25, 0.3) is 0 Å². The van der Waals surface area contributed by atoms with Crippen LogP contribution in [0.1, 0.15) is 309 Å². The summed E-state index contributed by atoms with van der Waals surface area (Å²) >= 11 is 0. The van der Waals surface area contributed by atoms with Crippen molar-refractivity contribution < 1.29 is 24.5 Å². The van der Waals surface area contributed by atoms with Crippen LogP contribution in [0.3, 0.4) is 0 Å². The van der Waals surface area contributed by atoms with Gasteiger partial charge >= 0.3 is 5.97 Å². The first kappa shape index (κ1) is 60.6. The maximum Gasteiger partial charge on any atom is 0.305 e. The number of hydrogen-bond acceptors (Lipinski definition) is 5. The Morgan fingerprint density at radius 3 is 1.15 bits per heavy atom. The van der Waals surface area contributed by atoms with Crippen LogP contribution in [-0.2, 0) is 14.3 Å². The molecule has 0 aliphatic heterocycles. The molecule has 2 unspecified atom stereocenters. The van der Waals surface area contributed by atoms with E-state index >= 15 is 0 Å². The van der Waals surface area contributed by atoms with Crippen LogP contribution < -0.4 is 5.32 Å². The van der Waals surface area contributed by atoms with Gasteiger partial charge in [0.15, 0.2) is 0 Å². The zero-order valence-electron chi connectivity index (χ0n) is 41.9. The van der Waals surface area contributed by atoms with Crippen molar-refractivity contribution in [2.45, 2.75) is 321 Å². The Morgan fingerprint density at radius 2 is 0.758 bits per heavy atom. The fourth-order valence-corrected chi connectivity index (χ4v) is 8.75. The molecule has 0 heterocycles. The number of ether oxygens (including phenoxy) is 1. The van der Waals surface area contributed by atoms with Gasteiger partial charge in [0.1, 0.15) is 0 Å². The molecule has 2 atom stereocenters. The average molecular weight is 876 g/mol. The first-order valence-electron chi connectivity index (χ1n) is 27.9. The Morgan fingerprint density at radius 1 is 0.435 bits per heavy atom. The summed E-state index contributed by atoms with van der Waals surface area (Å²) in [6.07, 6.45) is 60.5. The molecule has 0 radical (unpaired) electrons. The van der Waals surface area contributed by atoms with E-state index < -0.39 is 12.1 Å². The van der Waals surface area contributed by atoms with E-state index in [2.05, 4.69) is 31.3 Å². The minimum atomic E-state index is -0.672. The maximum atomic E-state index is 12.4. The third-order valence-electron chi connectivity index (χ3n) is 13.1. The van der Waals surface area contributed by atoms with Crippen LogP contribution in [0.15, 0.2) is 12.2 Å². The number of esters is 1. The molecule has 0 saturated carbocycles. The number of rotatable bonds is 52. The molecule has 0 aromatic rings. The van der Waals surface area contributed by atoms with Crippen LogP contribution >= 0.6 is 0 Å². The lowest BCUT2D eigenvalue weighted by Gasteiger charge is -2.22. The smallest absolute Gasteiger partial charge is 0.305 e. The van der Waals surface area contributed by atoms with E-state index in [1.54, 1.807) is 0 Å². The Balaban J connectivity index is 3.44. The molecule has 0 fully saturated rings. The van der Waals surface area contributed by atoms with Crippen LogP contribution in [0.4, 0.5) is 0 Å². The molecule has 0 aliphatic rings. The predicted molar refractivity (Wildman–Crippen MR) is 269 cm³/mol. The fraction of sp³-hybridized carbons (Fsp3) is 0.929. The molecule has 0 aromatic carbocycles. The number of unbranched alkanes of at least 4 members (excludes halogenated alkanes) is 39. The summed E-state index contributed by atoms with van der Waals surface area (Å²) in [4.78, 5) is 24.5. The molecule has 0 saturated heterocycles. The maximum absolute atomic E-state index is 12.4. The van der Waals surface area contributed by atoms with Gasteiger partial charge in [-0.2, -0.15) is 0 Å². The van der Waals surface area contributed by atoms with Gasteiger partial charge < -0.3 is 20.3 Å². The number of nitrogens with one attached hydrogen (secondary N) is 1. The summed E-state index contributed by atoms with van der Waals surface area (Å²) in [6.45, 7) is 4.93. The molecule has 0 aliphatic carbocycles. The third kappa shape index (κ3) is 48.1. The van der Waals surface area contributed by atoms with Crippen molar-refractivity contribution >= 4 is 11.9 Å². The Labute approximate surface area is 387 Å². The van der Waals surface area contributed by atoms with Gasteiger partial charge in [0.2, 0.25) is 5.91 Å². The van der Waals surface area contributed by atoms with E-state index in [1.807, 2.05) is 0 Å². The van der Waals surface area contributed by atoms with Crippen LogP contribution in [0.2, 0.25) is 0 Å². The molecule has 1 amide bonds. The molecule has 0 rings (SSSR count). The van der Waals surface area contributed by atoms with E-state index in [0.29, 0.717) is 25.9 Å². The second kappa shape index (κ2) is 52.2. The van der Waals surface area contributed by atoms with Crippen molar-refractivity contribution in [1.82, 2.24) is 5.32 Å². The van der Waals surface area contributed by atoms with Crippen LogP contribution in [0.5, 0.6) is 0 Å². The Bertz CT molecular complexity index is 924. The molecule has 0 spiro atoms. The van der Waals surface area contributed by atoms with Gasteiger partial charge in [0.05, 0.1) is 25.4 Å². The monoisotopic (exact) mass is 876 g/mol. The van der Waals surface area contributed by atoms with Crippen molar-refractivity contribution in [1.29, 1.82) is 0 Å². The zero-order valence-corrected chi connectivity index (χ0v) is 41.9. The number of carbonyl (C=O) groups excluding carboxylic acids is 2. The number of aliphatic hydroxyl groups is 2. The van der Waals surface area contributed by atoms with Crippen LogP contribution in [0.25, 0.3) is 0 Å². The van der Waals surface area contributed by atoms with Crippen LogP contribution in [0, 0.1) is 0 Å². The summed E-state index contributed by atoms with van der Waals surface area (Å²) < 4.78 is 5.47. The SMILES string of the molecule is CCCCCCCCCCCCCCCCCCCC(=O)OCCCCCC/C=C\CCCCCCCCCC(=O)NC(CO)C(O)CCCCCCCCCCCCCCC. The summed E-state index contributed by atoms with van der Waals surface area (Å²) in [7, 11) is 0. The van der Waals surface area contributed by atoms with Gasteiger partial charge in [-0.05, 0) is 51.4 Å². The van der Waals surface area contributed by atoms with Crippen molar-refractivity contribution in [3.8, 4) is 0 Å².